The zero-order chi connectivity index (χ0) is 17.4. The second-order valence-electron chi connectivity index (χ2n) is 6.22. The predicted octanol–water partition coefficient (Wildman–Crippen LogP) is 0.941. The van der Waals surface area contributed by atoms with Crippen LogP contribution in [0.15, 0.2) is 23.1 Å². The van der Waals surface area contributed by atoms with E-state index in [9.17, 15) is 16.8 Å². The average molecular weight is 361 g/mol. The third kappa shape index (κ3) is 3.87. The topological polar surface area (TPSA) is 89.5 Å². The van der Waals surface area contributed by atoms with Crippen molar-refractivity contribution in [2.45, 2.75) is 43.0 Å². The molecule has 0 spiro atoms. The van der Waals surface area contributed by atoms with E-state index < -0.39 is 31.0 Å². The molecule has 1 aliphatic heterocycles. The van der Waals surface area contributed by atoms with Gasteiger partial charge in [-0.1, -0.05) is 13.8 Å². The molecule has 0 unspecified atom stereocenters. The van der Waals surface area contributed by atoms with Gasteiger partial charge in [0, 0.05) is 12.1 Å². The molecule has 0 radical (unpaired) electrons. The minimum Gasteiger partial charge on any atom is -0.496 e. The second-order valence-corrected chi connectivity index (χ2v) is 10.5. The van der Waals surface area contributed by atoms with Gasteiger partial charge in [-0.25, -0.2) is 16.8 Å². The molecule has 1 saturated heterocycles. The van der Waals surface area contributed by atoms with Gasteiger partial charge in [0.1, 0.15) is 5.75 Å². The minimum atomic E-state index is -3.75. The molecule has 2 rings (SSSR count). The summed E-state index contributed by atoms with van der Waals surface area (Å²) in [6.07, 6.45) is 0. The fraction of sp³-hybridized carbons (Fsp3) is 0.600. The van der Waals surface area contributed by atoms with Gasteiger partial charge < -0.3 is 10.1 Å². The largest absolute Gasteiger partial charge is 0.496 e. The molecule has 2 atom stereocenters. The Labute approximate surface area is 138 Å². The van der Waals surface area contributed by atoms with Crippen LogP contribution in [-0.2, 0) is 19.7 Å². The highest BCUT2D eigenvalue weighted by Gasteiger charge is 2.45. The van der Waals surface area contributed by atoms with Crippen molar-refractivity contribution in [1.29, 1.82) is 0 Å². The number of rotatable bonds is 5. The molecule has 1 fully saturated rings. The van der Waals surface area contributed by atoms with E-state index in [1.807, 2.05) is 13.8 Å². The number of benzene rings is 1. The molecule has 0 amide bonds. The Hall–Kier alpha value is -1.12. The van der Waals surface area contributed by atoms with Gasteiger partial charge in [0.25, 0.3) is 0 Å². The number of hydrogen-bond donors (Lipinski definition) is 1. The molecule has 1 aliphatic rings. The van der Waals surface area contributed by atoms with Crippen molar-refractivity contribution in [3.63, 3.8) is 0 Å². The van der Waals surface area contributed by atoms with Gasteiger partial charge in [-0.2, -0.15) is 0 Å². The van der Waals surface area contributed by atoms with Crippen LogP contribution in [0.4, 0.5) is 0 Å². The number of methoxy groups -OCH3 is 1. The van der Waals surface area contributed by atoms with Crippen LogP contribution in [-0.4, -0.2) is 52.8 Å². The van der Waals surface area contributed by atoms with E-state index in [4.69, 9.17) is 4.74 Å². The predicted molar refractivity (Wildman–Crippen MR) is 89.4 cm³/mol. The van der Waals surface area contributed by atoms with E-state index in [1.165, 1.54) is 19.2 Å². The van der Waals surface area contributed by atoms with Crippen molar-refractivity contribution in [3.8, 4) is 5.75 Å². The fourth-order valence-corrected chi connectivity index (χ4v) is 7.67. The summed E-state index contributed by atoms with van der Waals surface area (Å²) in [4.78, 5) is 0.133. The molecule has 1 aromatic carbocycles. The lowest BCUT2D eigenvalue weighted by atomic mass is 10.2. The highest BCUT2D eigenvalue weighted by molar-refractivity contribution is 7.96. The number of ether oxygens (including phenoxy) is 1. The maximum Gasteiger partial charge on any atom is 0.183 e. The lowest BCUT2D eigenvalue weighted by Crippen LogP contribution is -2.46. The molecule has 1 N–H and O–H groups in total. The summed E-state index contributed by atoms with van der Waals surface area (Å²) in [5.41, 5.74) is 0.697. The van der Waals surface area contributed by atoms with Crippen LogP contribution in [0.2, 0.25) is 0 Å². The second kappa shape index (κ2) is 6.41. The summed E-state index contributed by atoms with van der Waals surface area (Å²) in [6, 6.07) is 4.01. The quantitative estimate of drug-likeness (QED) is 0.840. The molecule has 0 saturated carbocycles. The molecule has 130 valence electrons. The van der Waals surface area contributed by atoms with Gasteiger partial charge in [-0.15, -0.1) is 0 Å². The van der Waals surface area contributed by atoms with Crippen LogP contribution in [0.25, 0.3) is 0 Å². The van der Waals surface area contributed by atoms with Gasteiger partial charge in [0.15, 0.2) is 19.7 Å². The molecule has 0 aromatic heterocycles. The number of aryl methyl sites for hydroxylation is 1. The van der Waals surface area contributed by atoms with E-state index in [1.54, 1.807) is 13.0 Å². The first-order chi connectivity index (χ1) is 10.6. The van der Waals surface area contributed by atoms with Crippen LogP contribution in [0.5, 0.6) is 5.75 Å². The van der Waals surface area contributed by atoms with Crippen molar-refractivity contribution in [1.82, 2.24) is 5.32 Å². The lowest BCUT2D eigenvalue weighted by molar-refractivity contribution is 0.411. The molecule has 1 heterocycles. The average Bonchev–Trinajstić information content (AvgIpc) is 2.73. The number of hydrogen-bond acceptors (Lipinski definition) is 6. The fourth-order valence-electron chi connectivity index (χ4n) is 2.91. The number of nitrogens with one attached hydrogen (secondary N) is 1. The summed E-state index contributed by atoms with van der Waals surface area (Å²) in [5.74, 6) is 0.106. The van der Waals surface area contributed by atoms with E-state index >= 15 is 0 Å². The summed E-state index contributed by atoms with van der Waals surface area (Å²) in [5, 5.41) is 2.11. The molecule has 0 aliphatic carbocycles. The van der Waals surface area contributed by atoms with Crippen LogP contribution in [0.1, 0.15) is 19.4 Å². The Kier molecular flexibility index (Phi) is 5.08. The molecule has 0 bridgehead atoms. The molecule has 8 heteroatoms. The lowest BCUT2D eigenvalue weighted by Gasteiger charge is -2.22. The van der Waals surface area contributed by atoms with Gasteiger partial charge in [-0.05, 0) is 30.7 Å². The maximum absolute atomic E-state index is 12.9. The monoisotopic (exact) mass is 361 g/mol. The van der Waals surface area contributed by atoms with E-state index in [2.05, 4.69) is 5.32 Å². The van der Waals surface area contributed by atoms with Gasteiger partial charge in [0.05, 0.1) is 28.8 Å². The van der Waals surface area contributed by atoms with Crippen LogP contribution >= 0.6 is 0 Å². The van der Waals surface area contributed by atoms with Gasteiger partial charge in [0.2, 0.25) is 0 Å². The Bertz CT molecular complexity index is 784. The summed E-state index contributed by atoms with van der Waals surface area (Å²) < 4.78 is 54.9. The summed E-state index contributed by atoms with van der Waals surface area (Å²) >= 11 is 0. The normalized spacial score (nSPS) is 24.0. The Morgan fingerprint density at radius 2 is 1.91 bits per heavy atom. The Morgan fingerprint density at radius 1 is 1.26 bits per heavy atom. The van der Waals surface area contributed by atoms with E-state index in [0.29, 0.717) is 11.3 Å². The molecule has 6 nitrogen and oxygen atoms in total. The highest BCUT2D eigenvalue weighted by Crippen LogP contribution is 2.29. The van der Waals surface area contributed by atoms with E-state index in [-0.39, 0.29) is 22.4 Å². The smallest absolute Gasteiger partial charge is 0.183 e. The number of sulfone groups is 2. The third-order valence-corrected chi connectivity index (χ3v) is 8.09. The zero-order valence-corrected chi connectivity index (χ0v) is 15.4. The third-order valence-electron chi connectivity index (χ3n) is 3.94. The van der Waals surface area contributed by atoms with Crippen molar-refractivity contribution in [2.75, 3.05) is 18.6 Å². The van der Waals surface area contributed by atoms with Gasteiger partial charge in [-0.3, -0.25) is 0 Å². The van der Waals surface area contributed by atoms with Crippen molar-refractivity contribution in [2.24, 2.45) is 0 Å². The van der Waals surface area contributed by atoms with Crippen molar-refractivity contribution >= 4 is 19.7 Å². The van der Waals surface area contributed by atoms with Crippen LogP contribution < -0.4 is 10.1 Å². The first kappa shape index (κ1) is 18.2. The summed E-state index contributed by atoms with van der Waals surface area (Å²) in [6.45, 7) is 5.49. The van der Waals surface area contributed by atoms with Crippen LogP contribution in [0, 0.1) is 6.92 Å². The Balaban J connectivity index is 2.42. The molecular formula is C15H23NO5S2. The SMILES string of the molecule is COc1ccc(S(=O)(=O)[C@H]2CS(=O)(=O)C[C@@H]2NC(C)C)cc1C. The standard InChI is InChI=1S/C15H23NO5S2/c1-10(2)16-13-8-22(17,18)9-15(13)23(19,20)12-5-6-14(21-4)11(3)7-12/h5-7,10,13,15-16H,8-9H2,1-4H3/t13-,15-/m0/s1. The maximum atomic E-state index is 12.9. The van der Waals surface area contributed by atoms with Crippen LogP contribution in [0.3, 0.4) is 0 Å². The minimum absolute atomic E-state index is 0.00334. The Morgan fingerprint density at radius 3 is 2.43 bits per heavy atom. The first-order valence-corrected chi connectivity index (χ1v) is 10.8. The first-order valence-electron chi connectivity index (χ1n) is 7.42. The molecule has 1 aromatic rings. The molecule has 23 heavy (non-hydrogen) atoms. The highest BCUT2D eigenvalue weighted by atomic mass is 32.2. The van der Waals surface area contributed by atoms with Gasteiger partial charge >= 0.3 is 0 Å². The zero-order valence-electron chi connectivity index (χ0n) is 13.7. The summed E-state index contributed by atoms with van der Waals surface area (Å²) in [7, 11) is -5.60. The molecular weight excluding hydrogens is 338 g/mol. The van der Waals surface area contributed by atoms with Crippen molar-refractivity contribution < 1.29 is 21.6 Å². The van der Waals surface area contributed by atoms with E-state index in [0.717, 1.165) is 0 Å². The van der Waals surface area contributed by atoms with Crippen molar-refractivity contribution in [3.05, 3.63) is 23.8 Å².